The smallest absolute Gasteiger partial charge is 0.0282 e. The van der Waals surface area contributed by atoms with Gasteiger partial charge in [0.05, 0.1) is 0 Å². The summed E-state index contributed by atoms with van der Waals surface area (Å²) in [5.41, 5.74) is 0. The van der Waals surface area contributed by atoms with Crippen molar-refractivity contribution in [1.29, 1.82) is 0 Å². The Morgan fingerprint density at radius 1 is 1.27 bits per heavy atom. The first-order valence-corrected chi connectivity index (χ1v) is 7.80. The van der Waals surface area contributed by atoms with Crippen LogP contribution in [-0.4, -0.2) is 24.1 Å². The van der Waals surface area contributed by atoms with Gasteiger partial charge in [0.1, 0.15) is 0 Å². The molecule has 3 rings (SSSR count). The van der Waals surface area contributed by atoms with Crippen LogP contribution in [0.2, 0.25) is 0 Å². The highest BCUT2D eigenvalue weighted by Gasteiger charge is 2.42. The van der Waals surface area contributed by atoms with E-state index in [4.69, 9.17) is 0 Å². The highest BCUT2D eigenvalue weighted by Crippen LogP contribution is 2.49. The zero-order valence-corrected chi connectivity index (χ0v) is 10.6. The van der Waals surface area contributed by atoms with Crippen LogP contribution in [0.5, 0.6) is 0 Å². The third kappa shape index (κ3) is 2.08. The lowest BCUT2D eigenvalue weighted by atomic mass is 9.89. The monoisotopic (exact) mass is 225 g/mol. The van der Waals surface area contributed by atoms with E-state index < -0.39 is 0 Å². The summed E-state index contributed by atoms with van der Waals surface area (Å²) in [7, 11) is 0. The van der Waals surface area contributed by atoms with Crippen molar-refractivity contribution < 1.29 is 0 Å². The topological polar surface area (TPSA) is 12.0 Å². The van der Waals surface area contributed by atoms with Crippen molar-refractivity contribution in [3.05, 3.63) is 0 Å². The van der Waals surface area contributed by atoms with Crippen molar-refractivity contribution >= 4 is 11.8 Å². The summed E-state index contributed by atoms with van der Waals surface area (Å²) >= 11 is 2.07. The number of thioether (sulfide) groups is 1. The summed E-state index contributed by atoms with van der Waals surface area (Å²) in [4.78, 5) is 0. The van der Waals surface area contributed by atoms with E-state index in [0.29, 0.717) is 4.75 Å². The van der Waals surface area contributed by atoms with Gasteiger partial charge in [0.15, 0.2) is 0 Å². The van der Waals surface area contributed by atoms with Crippen molar-refractivity contribution in [2.24, 2.45) is 17.8 Å². The van der Waals surface area contributed by atoms with Gasteiger partial charge in [0, 0.05) is 11.3 Å². The lowest BCUT2D eigenvalue weighted by Gasteiger charge is -2.23. The summed E-state index contributed by atoms with van der Waals surface area (Å²) in [6.07, 6.45) is 11.3. The summed E-state index contributed by atoms with van der Waals surface area (Å²) in [6, 6.07) is 0. The zero-order chi connectivity index (χ0) is 10.3. The first-order valence-electron chi connectivity index (χ1n) is 6.57. The lowest BCUT2D eigenvalue weighted by Crippen LogP contribution is -2.32. The summed E-state index contributed by atoms with van der Waals surface area (Å²) in [5.74, 6) is 3.23. The lowest BCUT2D eigenvalue weighted by molar-refractivity contribution is 0.319. The van der Waals surface area contributed by atoms with Gasteiger partial charge in [-0.3, -0.25) is 0 Å². The number of hydrogen-bond donors (Lipinski definition) is 1. The van der Waals surface area contributed by atoms with Crippen LogP contribution in [0.4, 0.5) is 0 Å². The molecule has 1 nitrogen and oxygen atoms in total. The standard InChI is InChI=1S/C13H23NS/c1-15-13(4-5-13)9-14-8-12-7-10-2-3-11(12)6-10/h10-12,14H,2-9H2,1H3. The van der Waals surface area contributed by atoms with Gasteiger partial charge >= 0.3 is 0 Å². The SMILES string of the molecule is CSC1(CNCC2CC3CCC2C3)CC1. The van der Waals surface area contributed by atoms with Gasteiger partial charge in [-0.2, -0.15) is 11.8 Å². The second-order valence-corrected chi connectivity index (χ2v) is 7.23. The molecule has 3 saturated carbocycles. The van der Waals surface area contributed by atoms with Crippen LogP contribution in [0.1, 0.15) is 38.5 Å². The third-order valence-corrected chi connectivity index (χ3v) is 6.40. The molecule has 0 aromatic heterocycles. The fraction of sp³-hybridized carbons (Fsp3) is 1.00. The van der Waals surface area contributed by atoms with E-state index in [9.17, 15) is 0 Å². The number of nitrogens with one attached hydrogen (secondary N) is 1. The van der Waals surface area contributed by atoms with Gasteiger partial charge in [0.2, 0.25) is 0 Å². The van der Waals surface area contributed by atoms with E-state index in [0.717, 1.165) is 17.8 Å². The molecule has 2 heteroatoms. The van der Waals surface area contributed by atoms with Crippen molar-refractivity contribution in [2.75, 3.05) is 19.3 Å². The Morgan fingerprint density at radius 3 is 2.67 bits per heavy atom. The highest BCUT2D eigenvalue weighted by atomic mass is 32.2. The molecule has 15 heavy (non-hydrogen) atoms. The largest absolute Gasteiger partial charge is 0.315 e. The molecule has 3 unspecified atom stereocenters. The van der Waals surface area contributed by atoms with Crippen LogP contribution < -0.4 is 5.32 Å². The van der Waals surface area contributed by atoms with Gasteiger partial charge in [-0.15, -0.1) is 0 Å². The second kappa shape index (κ2) is 3.96. The third-order valence-electron chi connectivity index (χ3n) is 4.98. The minimum absolute atomic E-state index is 0.650. The Hall–Kier alpha value is 0.310. The molecule has 3 aliphatic carbocycles. The summed E-state index contributed by atoms with van der Waals surface area (Å²) < 4.78 is 0.650. The highest BCUT2D eigenvalue weighted by molar-refractivity contribution is 8.00. The van der Waals surface area contributed by atoms with Gasteiger partial charge in [-0.1, -0.05) is 6.42 Å². The van der Waals surface area contributed by atoms with Crippen LogP contribution in [-0.2, 0) is 0 Å². The Kier molecular flexibility index (Phi) is 2.76. The van der Waals surface area contributed by atoms with Crippen LogP contribution in [0.15, 0.2) is 0 Å². The normalized spacial score (nSPS) is 41.0. The van der Waals surface area contributed by atoms with E-state index in [1.807, 2.05) is 0 Å². The Balaban J connectivity index is 1.40. The Labute approximate surface area is 97.8 Å². The van der Waals surface area contributed by atoms with Gasteiger partial charge in [0.25, 0.3) is 0 Å². The molecular weight excluding hydrogens is 202 g/mol. The molecule has 3 aliphatic rings. The number of rotatable bonds is 5. The second-order valence-electron chi connectivity index (χ2n) is 5.95. The Bertz CT molecular complexity index is 237. The summed E-state index contributed by atoms with van der Waals surface area (Å²) in [6.45, 7) is 2.57. The van der Waals surface area contributed by atoms with Crippen molar-refractivity contribution in [2.45, 2.75) is 43.3 Å². The molecule has 0 aromatic rings. The first kappa shape index (κ1) is 10.5. The van der Waals surface area contributed by atoms with Crippen molar-refractivity contribution in [1.82, 2.24) is 5.32 Å². The van der Waals surface area contributed by atoms with Crippen LogP contribution in [0, 0.1) is 17.8 Å². The zero-order valence-electron chi connectivity index (χ0n) is 9.80. The van der Waals surface area contributed by atoms with Gasteiger partial charge in [-0.25, -0.2) is 0 Å². The maximum absolute atomic E-state index is 3.75. The fourth-order valence-corrected chi connectivity index (χ4v) is 4.46. The molecule has 1 N–H and O–H groups in total. The maximum Gasteiger partial charge on any atom is 0.0282 e. The predicted molar refractivity (Wildman–Crippen MR) is 67.3 cm³/mol. The molecule has 3 fully saturated rings. The van der Waals surface area contributed by atoms with E-state index >= 15 is 0 Å². The van der Waals surface area contributed by atoms with Crippen molar-refractivity contribution in [3.8, 4) is 0 Å². The molecule has 3 atom stereocenters. The number of hydrogen-bond acceptors (Lipinski definition) is 2. The molecule has 0 radical (unpaired) electrons. The molecule has 0 spiro atoms. The Morgan fingerprint density at radius 2 is 2.13 bits per heavy atom. The average molecular weight is 225 g/mol. The minimum Gasteiger partial charge on any atom is -0.315 e. The quantitative estimate of drug-likeness (QED) is 0.772. The number of fused-ring (bicyclic) bond motifs is 2. The van der Waals surface area contributed by atoms with E-state index in [-0.39, 0.29) is 0 Å². The van der Waals surface area contributed by atoms with E-state index in [2.05, 4.69) is 23.3 Å². The molecule has 2 bridgehead atoms. The van der Waals surface area contributed by atoms with Gasteiger partial charge < -0.3 is 5.32 Å². The maximum atomic E-state index is 3.75. The minimum atomic E-state index is 0.650. The van der Waals surface area contributed by atoms with Crippen LogP contribution in [0.3, 0.4) is 0 Å². The molecule has 86 valence electrons. The summed E-state index contributed by atoms with van der Waals surface area (Å²) in [5, 5.41) is 3.75. The molecular formula is C13H23NS. The first-order chi connectivity index (χ1) is 7.31. The van der Waals surface area contributed by atoms with Crippen LogP contribution in [0.25, 0.3) is 0 Å². The van der Waals surface area contributed by atoms with Crippen molar-refractivity contribution in [3.63, 3.8) is 0 Å². The van der Waals surface area contributed by atoms with E-state index in [1.54, 1.807) is 6.42 Å². The molecule has 0 amide bonds. The van der Waals surface area contributed by atoms with E-state index in [1.165, 1.54) is 45.2 Å². The van der Waals surface area contributed by atoms with Crippen LogP contribution >= 0.6 is 11.8 Å². The molecule has 0 saturated heterocycles. The fourth-order valence-electron chi connectivity index (χ4n) is 3.70. The van der Waals surface area contributed by atoms with Gasteiger partial charge in [-0.05, 0) is 62.7 Å². The predicted octanol–water partition coefficient (Wildman–Crippen LogP) is 2.91. The molecule has 0 heterocycles. The molecule has 0 aromatic carbocycles. The molecule has 0 aliphatic heterocycles. The average Bonchev–Trinajstić information content (AvgIpc) is 2.73.